The number of hydrogen-bond donors (Lipinski definition) is 2. The van der Waals surface area contributed by atoms with Crippen LogP contribution in [0.5, 0.6) is 0 Å². The molecule has 2 nitrogen and oxygen atoms in total. The molecule has 0 aromatic rings. The highest BCUT2D eigenvalue weighted by Crippen LogP contribution is 2.31. The van der Waals surface area contributed by atoms with E-state index in [1.54, 1.807) is 0 Å². The average Bonchev–Trinajstić information content (AvgIpc) is 2.25. The van der Waals surface area contributed by atoms with E-state index in [0.717, 1.165) is 12.8 Å². The molecule has 17 heavy (non-hydrogen) atoms. The van der Waals surface area contributed by atoms with Crippen molar-refractivity contribution in [2.24, 2.45) is 11.8 Å². The molecule has 0 bridgehead atoms. The maximum Gasteiger partial charge on any atom is 0.0896 e. The van der Waals surface area contributed by atoms with Gasteiger partial charge in [-0.3, -0.25) is 0 Å². The molecular weight excluding hydrogens is 232 g/mol. The summed E-state index contributed by atoms with van der Waals surface area (Å²) in [6, 6.07) is 0. The Labute approximate surface area is 112 Å². The molecule has 3 heteroatoms. The Hall–Kier alpha value is 0.01000. The van der Waals surface area contributed by atoms with E-state index in [-0.39, 0.29) is 11.8 Å². The lowest BCUT2D eigenvalue weighted by molar-refractivity contribution is -0.0534. The van der Waals surface area contributed by atoms with Gasteiger partial charge in [0.25, 0.3) is 0 Å². The maximum atomic E-state index is 10.6. The lowest BCUT2D eigenvalue weighted by Gasteiger charge is -2.36. The Morgan fingerprint density at radius 3 is 2.24 bits per heavy atom. The standard InChI is InChI=1S/C14H28O2S/c1-11(2)14(15,12(3)4)8-6-13(5)7-9-16-10-17/h7,11-12,15,17H,6,8-10H2,1-5H3. The van der Waals surface area contributed by atoms with Crippen LogP contribution in [0.1, 0.15) is 47.5 Å². The normalized spacial score (nSPS) is 13.8. The summed E-state index contributed by atoms with van der Waals surface area (Å²) in [6.07, 6.45) is 3.80. The number of rotatable bonds is 8. The molecule has 0 aromatic heterocycles. The van der Waals surface area contributed by atoms with Gasteiger partial charge < -0.3 is 9.84 Å². The first kappa shape index (κ1) is 17.0. The van der Waals surface area contributed by atoms with E-state index in [0.29, 0.717) is 12.5 Å². The zero-order valence-electron chi connectivity index (χ0n) is 11.9. The third-order valence-corrected chi connectivity index (χ3v) is 3.74. The van der Waals surface area contributed by atoms with Crippen molar-refractivity contribution in [1.82, 2.24) is 0 Å². The summed E-state index contributed by atoms with van der Waals surface area (Å²) >= 11 is 3.98. The van der Waals surface area contributed by atoms with Crippen LogP contribution >= 0.6 is 12.6 Å². The third kappa shape index (κ3) is 5.94. The van der Waals surface area contributed by atoms with Gasteiger partial charge in [-0.05, 0) is 31.6 Å². The molecule has 0 aromatic carbocycles. The van der Waals surface area contributed by atoms with Crippen LogP contribution in [0.15, 0.2) is 11.6 Å². The van der Waals surface area contributed by atoms with Gasteiger partial charge in [-0.1, -0.05) is 39.3 Å². The molecule has 0 amide bonds. The van der Waals surface area contributed by atoms with Crippen molar-refractivity contribution < 1.29 is 9.84 Å². The number of hydrogen-bond acceptors (Lipinski definition) is 3. The molecule has 0 fully saturated rings. The number of ether oxygens (including phenoxy) is 1. The molecule has 1 N–H and O–H groups in total. The van der Waals surface area contributed by atoms with Gasteiger partial charge in [0.1, 0.15) is 0 Å². The van der Waals surface area contributed by atoms with Gasteiger partial charge >= 0.3 is 0 Å². The molecule has 0 aliphatic carbocycles. The smallest absolute Gasteiger partial charge is 0.0896 e. The maximum absolute atomic E-state index is 10.6. The Kier molecular flexibility index (Phi) is 8.18. The van der Waals surface area contributed by atoms with Crippen LogP contribution in [-0.2, 0) is 4.74 Å². The van der Waals surface area contributed by atoms with Crippen LogP contribution in [0.25, 0.3) is 0 Å². The van der Waals surface area contributed by atoms with Gasteiger partial charge in [-0.2, -0.15) is 12.6 Å². The van der Waals surface area contributed by atoms with Crippen molar-refractivity contribution in [2.75, 3.05) is 12.5 Å². The first-order valence-corrected chi connectivity index (χ1v) is 7.04. The van der Waals surface area contributed by atoms with E-state index in [2.05, 4.69) is 53.3 Å². The lowest BCUT2D eigenvalue weighted by atomic mass is 9.76. The molecule has 0 saturated heterocycles. The predicted octanol–water partition coefficient (Wildman–Crippen LogP) is 3.66. The van der Waals surface area contributed by atoms with E-state index in [4.69, 9.17) is 4.74 Å². The van der Waals surface area contributed by atoms with Crippen molar-refractivity contribution in [3.8, 4) is 0 Å². The predicted molar refractivity (Wildman–Crippen MR) is 77.4 cm³/mol. The highest BCUT2D eigenvalue weighted by Gasteiger charge is 2.33. The fraction of sp³-hybridized carbons (Fsp3) is 0.857. The minimum absolute atomic E-state index is 0.281. The van der Waals surface area contributed by atoms with Gasteiger partial charge in [0.05, 0.1) is 18.1 Å². The van der Waals surface area contributed by atoms with E-state index in [1.807, 2.05) is 0 Å². The van der Waals surface area contributed by atoms with Crippen LogP contribution < -0.4 is 0 Å². The zero-order valence-corrected chi connectivity index (χ0v) is 12.8. The molecule has 102 valence electrons. The van der Waals surface area contributed by atoms with Crippen LogP contribution in [0.4, 0.5) is 0 Å². The first-order valence-electron chi connectivity index (χ1n) is 6.41. The van der Waals surface area contributed by atoms with Crippen LogP contribution in [0, 0.1) is 11.8 Å². The minimum atomic E-state index is -0.570. The Morgan fingerprint density at radius 1 is 1.29 bits per heavy atom. The molecule has 0 atom stereocenters. The summed E-state index contributed by atoms with van der Waals surface area (Å²) in [6.45, 7) is 11.0. The molecule has 0 saturated carbocycles. The molecule has 0 rings (SSSR count). The average molecular weight is 260 g/mol. The molecule has 0 aliphatic heterocycles. The molecule has 0 unspecified atom stereocenters. The fourth-order valence-electron chi connectivity index (χ4n) is 2.00. The summed E-state index contributed by atoms with van der Waals surface area (Å²) in [5, 5.41) is 10.6. The van der Waals surface area contributed by atoms with E-state index < -0.39 is 5.60 Å². The fourth-order valence-corrected chi connectivity index (χ4v) is 2.10. The van der Waals surface area contributed by atoms with Gasteiger partial charge in [0.2, 0.25) is 0 Å². The minimum Gasteiger partial charge on any atom is -0.389 e. The monoisotopic (exact) mass is 260 g/mol. The molecule has 0 aliphatic rings. The van der Waals surface area contributed by atoms with Crippen LogP contribution in [0.3, 0.4) is 0 Å². The zero-order chi connectivity index (χ0) is 13.5. The highest BCUT2D eigenvalue weighted by molar-refractivity contribution is 7.80. The third-order valence-electron chi connectivity index (χ3n) is 3.56. The summed E-state index contributed by atoms with van der Waals surface area (Å²) in [4.78, 5) is 0. The second-order valence-corrected chi connectivity index (χ2v) is 5.61. The first-order chi connectivity index (χ1) is 7.84. The highest BCUT2D eigenvalue weighted by atomic mass is 32.1. The quantitative estimate of drug-likeness (QED) is 0.302. The van der Waals surface area contributed by atoms with E-state index in [9.17, 15) is 5.11 Å². The van der Waals surface area contributed by atoms with Crippen molar-refractivity contribution in [3.63, 3.8) is 0 Å². The summed E-state index contributed by atoms with van der Waals surface area (Å²) in [7, 11) is 0. The van der Waals surface area contributed by atoms with Crippen LogP contribution in [-0.4, -0.2) is 23.3 Å². The molecule has 0 heterocycles. The summed E-state index contributed by atoms with van der Waals surface area (Å²) in [5.74, 6) is 1.01. The van der Waals surface area contributed by atoms with E-state index >= 15 is 0 Å². The second kappa shape index (κ2) is 8.17. The number of aliphatic hydroxyl groups is 1. The van der Waals surface area contributed by atoms with Crippen molar-refractivity contribution in [3.05, 3.63) is 11.6 Å². The SMILES string of the molecule is CC(=CCOCS)CCC(O)(C(C)C)C(C)C. The summed E-state index contributed by atoms with van der Waals surface area (Å²) in [5.41, 5.74) is 0.700. The largest absolute Gasteiger partial charge is 0.389 e. The van der Waals surface area contributed by atoms with Gasteiger partial charge in [-0.25, -0.2) is 0 Å². The summed E-state index contributed by atoms with van der Waals surface area (Å²) < 4.78 is 5.16. The van der Waals surface area contributed by atoms with Gasteiger partial charge in [0, 0.05) is 0 Å². The Balaban J connectivity index is 4.27. The Bertz CT molecular complexity index is 226. The van der Waals surface area contributed by atoms with Crippen molar-refractivity contribution in [1.29, 1.82) is 0 Å². The lowest BCUT2D eigenvalue weighted by Crippen LogP contribution is -2.40. The van der Waals surface area contributed by atoms with E-state index in [1.165, 1.54) is 5.57 Å². The number of allylic oxidation sites excluding steroid dienone is 1. The molecular formula is C14H28O2S. The number of thiol groups is 1. The molecule has 0 radical (unpaired) electrons. The van der Waals surface area contributed by atoms with Crippen molar-refractivity contribution >= 4 is 12.6 Å². The molecule has 0 spiro atoms. The topological polar surface area (TPSA) is 29.5 Å². The van der Waals surface area contributed by atoms with Crippen LogP contribution in [0.2, 0.25) is 0 Å². The van der Waals surface area contributed by atoms with Crippen molar-refractivity contribution in [2.45, 2.75) is 53.1 Å². The second-order valence-electron chi connectivity index (χ2n) is 5.35. The van der Waals surface area contributed by atoms with Gasteiger partial charge in [-0.15, -0.1) is 0 Å². The van der Waals surface area contributed by atoms with Gasteiger partial charge in [0.15, 0.2) is 0 Å². The Morgan fingerprint density at radius 2 is 1.82 bits per heavy atom.